The molecular weight excluding hydrogens is 198 g/mol. The van der Waals surface area contributed by atoms with Gasteiger partial charge in [0.1, 0.15) is 0 Å². The van der Waals surface area contributed by atoms with Gasteiger partial charge < -0.3 is 4.90 Å². The molecule has 1 aliphatic carbocycles. The maximum absolute atomic E-state index is 12.1. The third kappa shape index (κ3) is 2.75. The average Bonchev–Trinajstić information content (AvgIpc) is 2.21. The summed E-state index contributed by atoms with van der Waals surface area (Å²) in [4.78, 5) is 13.8. The van der Waals surface area contributed by atoms with Gasteiger partial charge in [-0.2, -0.15) is 0 Å². The molecule has 0 saturated carbocycles. The molecule has 2 heteroatoms. The van der Waals surface area contributed by atoms with E-state index in [1.807, 2.05) is 14.1 Å². The van der Waals surface area contributed by atoms with E-state index in [1.165, 1.54) is 11.1 Å². The van der Waals surface area contributed by atoms with E-state index in [1.54, 1.807) is 4.90 Å². The van der Waals surface area contributed by atoms with Gasteiger partial charge in [-0.15, -0.1) is 0 Å². The number of nitrogens with zero attached hydrogens (tertiary/aromatic N) is 1. The summed E-state index contributed by atoms with van der Waals surface area (Å²) >= 11 is 0. The Bertz CT molecular complexity index is 326. The van der Waals surface area contributed by atoms with Crippen LogP contribution in [0.5, 0.6) is 0 Å². The van der Waals surface area contributed by atoms with Crippen molar-refractivity contribution in [3.8, 4) is 0 Å². The average molecular weight is 221 g/mol. The Balaban J connectivity index is 2.93. The van der Waals surface area contributed by atoms with E-state index in [-0.39, 0.29) is 11.8 Å². The van der Waals surface area contributed by atoms with Crippen molar-refractivity contribution in [1.82, 2.24) is 4.90 Å². The smallest absolute Gasteiger partial charge is 0.229 e. The monoisotopic (exact) mass is 221 g/mol. The first-order valence-corrected chi connectivity index (χ1v) is 6.05. The first-order valence-electron chi connectivity index (χ1n) is 6.05. The van der Waals surface area contributed by atoms with E-state index in [2.05, 4.69) is 32.9 Å². The molecule has 0 aromatic carbocycles. The summed E-state index contributed by atoms with van der Waals surface area (Å²) in [6.07, 6.45) is 6.28. The van der Waals surface area contributed by atoms with Gasteiger partial charge in [-0.3, -0.25) is 4.79 Å². The molecule has 1 rings (SSSR count). The van der Waals surface area contributed by atoms with Crippen molar-refractivity contribution in [2.45, 2.75) is 33.6 Å². The summed E-state index contributed by atoms with van der Waals surface area (Å²) in [6.45, 7) is 6.46. The van der Waals surface area contributed by atoms with E-state index in [0.29, 0.717) is 5.92 Å². The van der Waals surface area contributed by atoms with Crippen LogP contribution in [0.1, 0.15) is 33.6 Å². The summed E-state index contributed by atoms with van der Waals surface area (Å²) in [5.74, 6) is 0.793. The molecule has 1 aliphatic rings. The summed E-state index contributed by atoms with van der Waals surface area (Å²) < 4.78 is 0. The molecular formula is C14H23NO. The van der Waals surface area contributed by atoms with Crippen LogP contribution in [0.3, 0.4) is 0 Å². The molecule has 1 amide bonds. The predicted octanol–water partition coefficient (Wildman–Crippen LogP) is 3.01. The minimum Gasteiger partial charge on any atom is -0.348 e. The first kappa shape index (κ1) is 13.0. The zero-order valence-corrected chi connectivity index (χ0v) is 11.1. The van der Waals surface area contributed by atoms with Crippen LogP contribution in [0.25, 0.3) is 0 Å². The van der Waals surface area contributed by atoms with Crippen LogP contribution in [-0.2, 0) is 4.79 Å². The molecule has 2 unspecified atom stereocenters. The first-order chi connectivity index (χ1) is 7.47. The molecule has 16 heavy (non-hydrogen) atoms. The minimum absolute atomic E-state index is 0.0642. The van der Waals surface area contributed by atoms with Crippen molar-refractivity contribution in [2.75, 3.05) is 14.1 Å². The Morgan fingerprint density at radius 3 is 2.56 bits per heavy atom. The molecule has 0 spiro atoms. The molecule has 0 aliphatic heterocycles. The Hall–Kier alpha value is -1.05. The zero-order chi connectivity index (χ0) is 12.3. The van der Waals surface area contributed by atoms with Crippen LogP contribution in [-0.4, -0.2) is 24.9 Å². The quantitative estimate of drug-likeness (QED) is 0.717. The van der Waals surface area contributed by atoms with Gasteiger partial charge in [0.25, 0.3) is 0 Å². The van der Waals surface area contributed by atoms with Gasteiger partial charge in [0.15, 0.2) is 0 Å². The highest BCUT2D eigenvalue weighted by Crippen LogP contribution is 2.32. The Morgan fingerprint density at radius 2 is 2.12 bits per heavy atom. The molecule has 0 bridgehead atoms. The van der Waals surface area contributed by atoms with Gasteiger partial charge in [0, 0.05) is 14.1 Å². The zero-order valence-electron chi connectivity index (χ0n) is 11.1. The fourth-order valence-corrected chi connectivity index (χ4v) is 2.40. The Labute approximate surface area is 99.0 Å². The van der Waals surface area contributed by atoms with Gasteiger partial charge in [0.2, 0.25) is 5.91 Å². The van der Waals surface area contributed by atoms with Crippen LogP contribution in [0, 0.1) is 11.8 Å². The lowest BCUT2D eigenvalue weighted by atomic mass is 9.80. The van der Waals surface area contributed by atoms with Crippen molar-refractivity contribution in [3.63, 3.8) is 0 Å². The van der Waals surface area contributed by atoms with Crippen molar-refractivity contribution in [3.05, 3.63) is 23.3 Å². The van der Waals surface area contributed by atoms with Crippen LogP contribution < -0.4 is 0 Å². The van der Waals surface area contributed by atoms with Gasteiger partial charge in [-0.25, -0.2) is 0 Å². The molecule has 0 fully saturated rings. The largest absolute Gasteiger partial charge is 0.348 e. The van der Waals surface area contributed by atoms with Crippen LogP contribution in [0.15, 0.2) is 23.3 Å². The van der Waals surface area contributed by atoms with E-state index >= 15 is 0 Å². The highest BCUT2D eigenvalue weighted by molar-refractivity contribution is 5.81. The van der Waals surface area contributed by atoms with Gasteiger partial charge in [-0.05, 0) is 25.7 Å². The van der Waals surface area contributed by atoms with Gasteiger partial charge in [0.05, 0.1) is 5.92 Å². The normalized spacial score (nSPS) is 22.2. The third-order valence-corrected chi connectivity index (χ3v) is 3.31. The van der Waals surface area contributed by atoms with E-state index < -0.39 is 0 Å². The molecule has 2 nitrogen and oxygen atoms in total. The van der Waals surface area contributed by atoms with E-state index in [4.69, 9.17) is 0 Å². The standard InChI is InChI=1S/C14H23NO/c1-6-12(14(16)15(4)5)13-8-7-10(2)9-11(13)3/h7-8,11-12H,6,9H2,1-5H3. The van der Waals surface area contributed by atoms with Crippen molar-refractivity contribution >= 4 is 5.91 Å². The maximum atomic E-state index is 12.1. The molecule has 0 heterocycles. The lowest BCUT2D eigenvalue weighted by Gasteiger charge is -2.28. The number of hydrogen-bond acceptors (Lipinski definition) is 1. The Morgan fingerprint density at radius 1 is 1.50 bits per heavy atom. The van der Waals surface area contributed by atoms with Crippen molar-refractivity contribution in [2.24, 2.45) is 11.8 Å². The van der Waals surface area contributed by atoms with Crippen LogP contribution in [0.4, 0.5) is 0 Å². The molecule has 90 valence electrons. The summed E-state index contributed by atoms with van der Waals surface area (Å²) in [6, 6.07) is 0. The second-order valence-corrected chi connectivity index (χ2v) is 4.98. The highest BCUT2D eigenvalue weighted by Gasteiger charge is 2.27. The lowest BCUT2D eigenvalue weighted by molar-refractivity contribution is -0.132. The number of rotatable bonds is 3. The van der Waals surface area contributed by atoms with Gasteiger partial charge in [-0.1, -0.05) is 37.1 Å². The molecule has 0 radical (unpaired) electrons. The third-order valence-electron chi connectivity index (χ3n) is 3.31. The molecule has 0 aromatic rings. The second-order valence-electron chi connectivity index (χ2n) is 4.98. The topological polar surface area (TPSA) is 20.3 Å². The summed E-state index contributed by atoms with van der Waals surface area (Å²) in [5.41, 5.74) is 2.70. The van der Waals surface area contributed by atoms with Crippen LogP contribution in [0.2, 0.25) is 0 Å². The number of allylic oxidation sites excluding steroid dienone is 3. The summed E-state index contributed by atoms with van der Waals surface area (Å²) in [5, 5.41) is 0. The Kier molecular flexibility index (Phi) is 4.34. The second kappa shape index (κ2) is 5.33. The highest BCUT2D eigenvalue weighted by atomic mass is 16.2. The number of carbonyl (C=O) groups excluding carboxylic acids is 1. The number of hydrogen-bond donors (Lipinski definition) is 0. The lowest BCUT2D eigenvalue weighted by Crippen LogP contribution is -2.32. The van der Waals surface area contributed by atoms with Crippen molar-refractivity contribution < 1.29 is 4.79 Å². The fraction of sp³-hybridized carbons (Fsp3) is 0.643. The van der Waals surface area contributed by atoms with Crippen molar-refractivity contribution in [1.29, 1.82) is 0 Å². The predicted molar refractivity (Wildman–Crippen MR) is 68.1 cm³/mol. The number of carbonyl (C=O) groups is 1. The summed E-state index contributed by atoms with van der Waals surface area (Å²) in [7, 11) is 3.67. The maximum Gasteiger partial charge on any atom is 0.229 e. The molecule has 0 N–H and O–H groups in total. The van der Waals surface area contributed by atoms with Gasteiger partial charge >= 0.3 is 0 Å². The minimum atomic E-state index is 0.0642. The number of amides is 1. The molecule has 0 saturated heterocycles. The van der Waals surface area contributed by atoms with E-state index in [0.717, 1.165) is 12.8 Å². The molecule has 2 atom stereocenters. The van der Waals surface area contributed by atoms with Crippen LogP contribution >= 0.6 is 0 Å². The SMILES string of the molecule is CCC(C(=O)N(C)C)C1=CC=C(C)CC1C. The van der Waals surface area contributed by atoms with E-state index in [9.17, 15) is 4.79 Å². The fourth-order valence-electron chi connectivity index (χ4n) is 2.40. The molecule has 0 aromatic heterocycles.